The van der Waals surface area contributed by atoms with Gasteiger partial charge in [-0.3, -0.25) is 14.5 Å². The molecule has 0 atom stereocenters. The molecule has 5 N–H and O–H groups in total. The van der Waals surface area contributed by atoms with Gasteiger partial charge in [-0.15, -0.1) is 0 Å². The summed E-state index contributed by atoms with van der Waals surface area (Å²) in [6.07, 6.45) is 2.49. The highest BCUT2D eigenvalue weighted by Crippen LogP contribution is 2.17. The van der Waals surface area contributed by atoms with Gasteiger partial charge >= 0.3 is 0 Å². The Hall–Kier alpha value is -2.65. The second-order valence-electron chi connectivity index (χ2n) is 4.11. The minimum Gasteiger partial charge on any atom is -0.506 e. The number of aromatic hydroxyl groups is 1. The molecule has 1 amide bonds. The highest BCUT2D eigenvalue weighted by molar-refractivity contribution is 7.90. The number of aromatic nitrogens is 1. The Kier molecular flexibility index (Phi) is 4.05. The third kappa shape index (κ3) is 4.44. The normalized spacial score (nSPS) is 10.9. The van der Waals surface area contributed by atoms with E-state index in [9.17, 15) is 18.3 Å². The summed E-state index contributed by atoms with van der Waals surface area (Å²) in [4.78, 5) is 15.6. The summed E-state index contributed by atoms with van der Waals surface area (Å²) in [5.74, 6) is -0.626. The highest BCUT2D eigenvalue weighted by Gasteiger charge is 2.08. The Morgan fingerprint density at radius 2 is 1.90 bits per heavy atom. The fourth-order valence-corrected chi connectivity index (χ4v) is 2.04. The van der Waals surface area contributed by atoms with Crippen LogP contribution in [0, 0.1) is 0 Å². The smallest absolute Gasteiger partial charge is 0.296 e. The predicted molar refractivity (Wildman–Crippen MR) is 77.0 cm³/mol. The molecular weight excluding hydrogens is 296 g/mol. The van der Waals surface area contributed by atoms with Crippen LogP contribution < -0.4 is 15.2 Å². The molecule has 0 saturated heterocycles. The van der Waals surface area contributed by atoms with Crippen LogP contribution >= 0.6 is 0 Å². The lowest BCUT2D eigenvalue weighted by atomic mass is 10.2. The van der Waals surface area contributed by atoms with Crippen molar-refractivity contribution in [1.29, 1.82) is 0 Å². The van der Waals surface area contributed by atoms with E-state index < -0.39 is 16.1 Å². The first kappa shape index (κ1) is 14.8. The molecule has 8 nitrogen and oxygen atoms in total. The molecule has 1 aromatic heterocycles. The summed E-state index contributed by atoms with van der Waals surface area (Å²) >= 11 is 0. The standard InChI is InChI=1S/C12H12N4O4S/c13-21(19,20)16-10-3-1-2-9(5-10)15-12(18)8-4-11(17)7-14-6-8/h1-7,16-17H,(H,15,18)(H2,13,19,20). The third-order valence-corrected chi connectivity index (χ3v) is 2.89. The van der Waals surface area contributed by atoms with Crippen molar-refractivity contribution in [3.63, 3.8) is 0 Å². The highest BCUT2D eigenvalue weighted by atomic mass is 32.2. The molecule has 0 spiro atoms. The summed E-state index contributed by atoms with van der Waals surface area (Å²) in [5, 5.41) is 16.7. The van der Waals surface area contributed by atoms with Crippen LogP contribution in [-0.4, -0.2) is 24.4 Å². The van der Waals surface area contributed by atoms with Crippen molar-refractivity contribution in [2.45, 2.75) is 0 Å². The topological polar surface area (TPSA) is 134 Å². The molecule has 0 unspecified atom stereocenters. The first-order valence-electron chi connectivity index (χ1n) is 5.69. The molecular formula is C12H12N4O4S. The summed E-state index contributed by atoms with van der Waals surface area (Å²) in [6, 6.07) is 7.26. The second-order valence-corrected chi connectivity index (χ2v) is 5.41. The SMILES string of the molecule is NS(=O)(=O)Nc1cccc(NC(=O)c2cncc(O)c2)c1. The van der Waals surface area contributed by atoms with Crippen LogP contribution in [0.15, 0.2) is 42.7 Å². The van der Waals surface area contributed by atoms with E-state index in [1.54, 1.807) is 12.1 Å². The monoisotopic (exact) mass is 308 g/mol. The quantitative estimate of drug-likeness (QED) is 0.658. The molecule has 0 bridgehead atoms. The Bertz CT molecular complexity index is 776. The van der Waals surface area contributed by atoms with E-state index in [1.165, 1.54) is 30.6 Å². The summed E-state index contributed by atoms with van der Waals surface area (Å²) in [7, 11) is -3.89. The minimum atomic E-state index is -3.89. The average molecular weight is 308 g/mol. The number of nitrogens with two attached hydrogens (primary N) is 1. The van der Waals surface area contributed by atoms with E-state index in [0.29, 0.717) is 5.69 Å². The molecule has 0 aliphatic carbocycles. The number of hydrogen-bond acceptors (Lipinski definition) is 5. The number of nitrogens with one attached hydrogen (secondary N) is 2. The van der Waals surface area contributed by atoms with Gasteiger partial charge < -0.3 is 10.4 Å². The van der Waals surface area contributed by atoms with Crippen LogP contribution in [0.5, 0.6) is 5.75 Å². The lowest BCUT2D eigenvalue weighted by Crippen LogP contribution is -2.21. The van der Waals surface area contributed by atoms with E-state index in [2.05, 4.69) is 15.0 Å². The van der Waals surface area contributed by atoms with Gasteiger partial charge in [0.15, 0.2) is 0 Å². The van der Waals surface area contributed by atoms with Crippen molar-refractivity contribution in [1.82, 2.24) is 4.98 Å². The van der Waals surface area contributed by atoms with Crippen LogP contribution in [0.3, 0.4) is 0 Å². The number of amides is 1. The summed E-state index contributed by atoms with van der Waals surface area (Å²) in [6.45, 7) is 0. The Balaban J connectivity index is 2.16. The maximum absolute atomic E-state index is 11.9. The van der Waals surface area contributed by atoms with Crippen molar-refractivity contribution in [2.24, 2.45) is 5.14 Å². The van der Waals surface area contributed by atoms with Crippen molar-refractivity contribution < 1.29 is 18.3 Å². The molecule has 2 rings (SSSR count). The summed E-state index contributed by atoms with van der Waals surface area (Å²) in [5.41, 5.74) is 0.737. The molecule has 110 valence electrons. The fraction of sp³-hybridized carbons (Fsp3) is 0. The van der Waals surface area contributed by atoms with Crippen LogP contribution in [0.25, 0.3) is 0 Å². The lowest BCUT2D eigenvalue weighted by Gasteiger charge is -2.08. The number of pyridine rings is 1. The third-order valence-electron chi connectivity index (χ3n) is 2.37. The van der Waals surface area contributed by atoms with E-state index in [4.69, 9.17) is 5.14 Å². The number of anilines is 2. The number of carbonyl (C=O) groups excluding carboxylic acids is 1. The van der Waals surface area contributed by atoms with E-state index in [1.807, 2.05) is 0 Å². The maximum atomic E-state index is 11.9. The van der Waals surface area contributed by atoms with Gasteiger partial charge in [0.1, 0.15) is 5.75 Å². The van der Waals surface area contributed by atoms with Gasteiger partial charge in [0.2, 0.25) is 0 Å². The first-order valence-corrected chi connectivity index (χ1v) is 7.24. The van der Waals surface area contributed by atoms with Crippen molar-refractivity contribution in [3.8, 4) is 5.75 Å². The first-order chi connectivity index (χ1) is 9.83. The zero-order valence-corrected chi connectivity index (χ0v) is 11.5. The Morgan fingerprint density at radius 3 is 2.57 bits per heavy atom. The molecule has 9 heteroatoms. The van der Waals surface area contributed by atoms with Gasteiger partial charge in [0.25, 0.3) is 16.1 Å². The molecule has 1 aromatic carbocycles. The van der Waals surface area contributed by atoms with Gasteiger partial charge in [-0.2, -0.15) is 8.42 Å². The second kappa shape index (κ2) is 5.77. The van der Waals surface area contributed by atoms with Crippen molar-refractivity contribution in [3.05, 3.63) is 48.3 Å². The Labute approximate surface area is 120 Å². The van der Waals surface area contributed by atoms with Crippen LogP contribution in [0.4, 0.5) is 11.4 Å². The van der Waals surface area contributed by atoms with E-state index >= 15 is 0 Å². The van der Waals surface area contributed by atoms with Gasteiger partial charge in [0, 0.05) is 11.9 Å². The van der Waals surface area contributed by atoms with Crippen molar-refractivity contribution in [2.75, 3.05) is 10.0 Å². The van der Waals surface area contributed by atoms with E-state index in [0.717, 1.165) is 0 Å². The van der Waals surface area contributed by atoms with Crippen LogP contribution in [0.1, 0.15) is 10.4 Å². The molecule has 0 fully saturated rings. The molecule has 0 radical (unpaired) electrons. The molecule has 0 aliphatic rings. The average Bonchev–Trinajstić information content (AvgIpc) is 2.37. The molecule has 1 heterocycles. The van der Waals surface area contributed by atoms with Gasteiger partial charge in [-0.1, -0.05) is 6.07 Å². The van der Waals surface area contributed by atoms with Gasteiger partial charge in [-0.05, 0) is 24.3 Å². The molecule has 2 aromatic rings. The number of nitrogens with zero attached hydrogens (tertiary/aromatic N) is 1. The summed E-state index contributed by atoms with van der Waals surface area (Å²) < 4.78 is 24.0. The maximum Gasteiger partial charge on any atom is 0.296 e. The number of carbonyl (C=O) groups is 1. The van der Waals surface area contributed by atoms with E-state index in [-0.39, 0.29) is 17.0 Å². The van der Waals surface area contributed by atoms with Crippen LogP contribution in [-0.2, 0) is 10.2 Å². The molecule has 0 saturated carbocycles. The Morgan fingerprint density at radius 1 is 1.19 bits per heavy atom. The molecule has 21 heavy (non-hydrogen) atoms. The van der Waals surface area contributed by atoms with Crippen molar-refractivity contribution >= 4 is 27.5 Å². The lowest BCUT2D eigenvalue weighted by molar-refractivity contribution is 0.102. The van der Waals surface area contributed by atoms with Gasteiger partial charge in [0.05, 0.1) is 17.4 Å². The number of hydrogen-bond donors (Lipinski definition) is 4. The minimum absolute atomic E-state index is 0.132. The predicted octanol–water partition coefficient (Wildman–Crippen LogP) is 0.655. The van der Waals surface area contributed by atoms with Crippen LogP contribution in [0.2, 0.25) is 0 Å². The number of rotatable bonds is 4. The molecule has 0 aliphatic heterocycles. The zero-order chi connectivity index (χ0) is 15.5. The number of benzene rings is 1. The zero-order valence-electron chi connectivity index (χ0n) is 10.6. The van der Waals surface area contributed by atoms with Gasteiger partial charge in [-0.25, -0.2) is 5.14 Å². The fourth-order valence-electron chi connectivity index (χ4n) is 1.58. The largest absolute Gasteiger partial charge is 0.506 e.